The first kappa shape index (κ1) is 18.2. The van der Waals surface area contributed by atoms with Crippen LogP contribution in [0.25, 0.3) is 0 Å². The summed E-state index contributed by atoms with van der Waals surface area (Å²) in [6.07, 6.45) is 0.958. The topological polar surface area (TPSA) is 52.4 Å². The zero-order chi connectivity index (χ0) is 16.1. The minimum absolute atomic E-state index is 0.150. The lowest BCUT2D eigenvalue weighted by atomic mass is 10.2. The van der Waals surface area contributed by atoms with Crippen LogP contribution in [0.2, 0.25) is 18.1 Å². The molecule has 0 saturated heterocycles. The fourth-order valence-electron chi connectivity index (χ4n) is 1.48. The largest absolute Gasteiger partial charge is 0.417 e. The number of hydrogen-bond acceptors (Lipinski definition) is 4. The maximum Gasteiger partial charge on any atom is 0.270 e. The molecule has 1 rings (SSSR count). The number of thioether (sulfide) groups is 1. The van der Waals surface area contributed by atoms with Gasteiger partial charge in [-0.25, -0.2) is 0 Å². The van der Waals surface area contributed by atoms with E-state index in [1.807, 2.05) is 6.07 Å². The molecule has 4 nitrogen and oxygen atoms in total. The Bertz CT molecular complexity index is 486. The molecule has 0 saturated carbocycles. The number of nitro groups is 1. The van der Waals surface area contributed by atoms with Crippen LogP contribution < -0.4 is 0 Å². The molecule has 21 heavy (non-hydrogen) atoms. The average Bonchev–Trinajstić information content (AvgIpc) is 2.37. The Balaban J connectivity index is 2.35. The summed E-state index contributed by atoms with van der Waals surface area (Å²) in [7, 11) is -1.66. The van der Waals surface area contributed by atoms with Crippen molar-refractivity contribution in [2.24, 2.45) is 0 Å². The van der Waals surface area contributed by atoms with E-state index in [9.17, 15) is 10.1 Å². The fourth-order valence-corrected chi connectivity index (χ4v) is 3.44. The molecule has 0 atom stereocenters. The zero-order valence-corrected chi connectivity index (χ0v) is 15.3. The van der Waals surface area contributed by atoms with Crippen molar-refractivity contribution < 1.29 is 9.35 Å². The third-order valence-corrected chi connectivity index (χ3v) is 9.47. The van der Waals surface area contributed by atoms with Crippen molar-refractivity contribution in [1.82, 2.24) is 0 Å². The fraction of sp³-hybridized carbons (Fsp3) is 0.600. The van der Waals surface area contributed by atoms with Gasteiger partial charge in [-0.2, -0.15) is 0 Å². The number of nitro benzene ring substituents is 1. The first-order chi connectivity index (χ1) is 9.63. The van der Waals surface area contributed by atoms with E-state index in [4.69, 9.17) is 4.43 Å². The minimum Gasteiger partial charge on any atom is -0.417 e. The summed E-state index contributed by atoms with van der Waals surface area (Å²) in [4.78, 5) is 11.3. The Labute approximate surface area is 132 Å². The molecule has 0 N–H and O–H groups in total. The first-order valence-corrected chi connectivity index (χ1v) is 11.0. The molecule has 118 valence electrons. The molecule has 0 radical (unpaired) electrons. The van der Waals surface area contributed by atoms with Crippen LogP contribution in [-0.4, -0.2) is 25.6 Å². The van der Waals surface area contributed by atoms with Crippen LogP contribution in [0.15, 0.2) is 29.2 Å². The van der Waals surface area contributed by atoms with Crippen LogP contribution >= 0.6 is 11.8 Å². The van der Waals surface area contributed by atoms with Crippen LogP contribution in [0.4, 0.5) is 5.69 Å². The second kappa shape index (κ2) is 7.42. The van der Waals surface area contributed by atoms with Crippen molar-refractivity contribution in [3.8, 4) is 0 Å². The van der Waals surface area contributed by atoms with E-state index in [0.717, 1.165) is 23.7 Å². The molecule has 6 heteroatoms. The highest BCUT2D eigenvalue weighted by Crippen LogP contribution is 2.36. The van der Waals surface area contributed by atoms with Crippen molar-refractivity contribution in [3.63, 3.8) is 0 Å². The lowest BCUT2D eigenvalue weighted by molar-refractivity contribution is -0.385. The second-order valence-corrected chi connectivity index (χ2v) is 12.5. The molecule has 1 aromatic rings. The number of non-ortho nitro benzene ring substituents is 1. The Hall–Kier alpha value is -0.853. The van der Waals surface area contributed by atoms with E-state index >= 15 is 0 Å². The van der Waals surface area contributed by atoms with Gasteiger partial charge in [0.05, 0.1) is 4.92 Å². The Morgan fingerprint density at radius 2 is 2.00 bits per heavy atom. The van der Waals surface area contributed by atoms with Crippen LogP contribution in [0.3, 0.4) is 0 Å². The van der Waals surface area contributed by atoms with Gasteiger partial charge in [0.1, 0.15) is 0 Å². The van der Waals surface area contributed by atoms with Gasteiger partial charge in [0.15, 0.2) is 8.32 Å². The lowest BCUT2D eigenvalue weighted by Gasteiger charge is -2.36. The first-order valence-electron chi connectivity index (χ1n) is 7.15. The summed E-state index contributed by atoms with van der Waals surface area (Å²) >= 11 is 1.64. The number of benzene rings is 1. The van der Waals surface area contributed by atoms with E-state index in [1.54, 1.807) is 23.9 Å². The summed E-state index contributed by atoms with van der Waals surface area (Å²) < 4.78 is 6.11. The van der Waals surface area contributed by atoms with Crippen molar-refractivity contribution in [2.45, 2.75) is 50.2 Å². The molecule has 0 amide bonds. The quantitative estimate of drug-likeness (QED) is 0.230. The van der Waals surface area contributed by atoms with Gasteiger partial charge in [0, 0.05) is 29.4 Å². The van der Waals surface area contributed by atoms with Crippen LogP contribution in [0.1, 0.15) is 27.2 Å². The van der Waals surface area contributed by atoms with Gasteiger partial charge >= 0.3 is 0 Å². The highest BCUT2D eigenvalue weighted by Gasteiger charge is 2.36. The highest BCUT2D eigenvalue weighted by atomic mass is 32.2. The summed E-state index contributed by atoms with van der Waals surface area (Å²) in [5.41, 5.74) is 0.150. The second-order valence-electron chi connectivity index (χ2n) is 6.57. The van der Waals surface area contributed by atoms with Gasteiger partial charge in [-0.3, -0.25) is 10.1 Å². The van der Waals surface area contributed by atoms with Gasteiger partial charge < -0.3 is 4.43 Å². The molecular formula is C15H25NO3SSi. The molecule has 0 aliphatic carbocycles. The maximum absolute atomic E-state index is 10.7. The molecular weight excluding hydrogens is 302 g/mol. The van der Waals surface area contributed by atoms with E-state index in [0.29, 0.717) is 0 Å². The van der Waals surface area contributed by atoms with Crippen LogP contribution in [0.5, 0.6) is 0 Å². The Morgan fingerprint density at radius 1 is 1.33 bits per heavy atom. The van der Waals surface area contributed by atoms with Crippen molar-refractivity contribution in [2.75, 3.05) is 12.4 Å². The lowest BCUT2D eigenvalue weighted by Crippen LogP contribution is -2.41. The van der Waals surface area contributed by atoms with E-state index in [-0.39, 0.29) is 15.6 Å². The minimum atomic E-state index is -1.66. The normalized spacial score (nSPS) is 12.4. The number of nitrogens with zero attached hydrogens (tertiary/aromatic N) is 1. The molecule has 0 spiro atoms. The SMILES string of the molecule is CC(C)(C)[Si](C)(C)OCCCSc1cccc([N+](=O)[O-])c1. The number of rotatable bonds is 7. The van der Waals surface area contributed by atoms with Gasteiger partial charge in [-0.1, -0.05) is 26.8 Å². The van der Waals surface area contributed by atoms with Gasteiger partial charge in [-0.05, 0) is 30.6 Å². The molecule has 0 heterocycles. The van der Waals surface area contributed by atoms with Crippen molar-refractivity contribution in [1.29, 1.82) is 0 Å². The van der Waals surface area contributed by atoms with Crippen molar-refractivity contribution in [3.05, 3.63) is 34.4 Å². The smallest absolute Gasteiger partial charge is 0.270 e. The van der Waals surface area contributed by atoms with E-state index < -0.39 is 8.32 Å². The highest BCUT2D eigenvalue weighted by molar-refractivity contribution is 7.99. The summed E-state index contributed by atoms with van der Waals surface area (Å²) in [5, 5.41) is 11.0. The standard InChI is InChI=1S/C15H25NO3SSi/c1-15(2,3)21(4,5)19-10-7-11-20-14-9-6-8-13(12-14)16(17)18/h6,8-9,12H,7,10-11H2,1-5H3. The molecule has 0 aliphatic heterocycles. The van der Waals surface area contributed by atoms with Crippen molar-refractivity contribution >= 4 is 25.8 Å². The Morgan fingerprint density at radius 3 is 2.57 bits per heavy atom. The van der Waals surface area contributed by atoms with Gasteiger partial charge in [0.2, 0.25) is 0 Å². The van der Waals surface area contributed by atoms with E-state index in [2.05, 4.69) is 33.9 Å². The van der Waals surface area contributed by atoms with Gasteiger partial charge in [-0.15, -0.1) is 11.8 Å². The summed E-state index contributed by atoms with van der Waals surface area (Å²) in [5.74, 6) is 0.912. The Kier molecular flexibility index (Phi) is 6.43. The third-order valence-electron chi connectivity index (χ3n) is 3.85. The predicted molar refractivity (Wildman–Crippen MR) is 91.6 cm³/mol. The molecule has 1 aromatic carbocycles. The predicted octanol–water partition coefficient (Wildman–Crippen LogP) is 5.10. The molecule has 0 bridgehead atoms. The summed E-state index contributed by atoms with van der Waals surface area (Å²) in [6, 6.07) is 6.78. The number of hydrogen-bond donors (Lipinski definition) is 0. The van der Waals surface area contributed by atoms with E-state index in [1.165, 1.54) is 6.07 Å². The van der Waals surface area contributed by atoms with Crippen LogP contribution in [-0.2, 0) is 4.43 Å². The molecule has 0 unspecified atom stereocenters. The summed E-state index contributed by atoms with van der Waals surface area (Å²) in [6.45, 7) is 12.0. The molecule has 0 aromatic heterocycles. The van der Waals surface area contributed by atoms with Crippen LogP contribution in [0, 0.1) is 10.1 Å². The molecule has 0 aliphatic rings. The monoisotopic (exact) mass is 327 g/mol. The third kappa shape index (κ3) is 5.80. The zero-order valence-electron chi connectivity index (χ0n) is 13.5. The molecule has 0 fully saturated rings. The van der Waals surface area contributed by atoms with Gasteiger partial charge in [0.25, 0.3) is 5.69 Å². The maximum atomic E-state index is 10.7. The average molecular weight is 328 g/mol.